The van der Waals surface area contributed by atoms with Crippen molar-refractivity contribution >= 4 is 15.7 Å². The molecule has 0 aliphatic carbocycles. The summed E-state index contributed by atoms with van der Waals surface area (Å²) in [4.78, 5) is -0.260. The Bertz CT molecular complexity index is 1060. The standard InChI is InChI=1S/C18H19FN4O2S/c1-13-7-8-15(19)16(11-13)26(24,25)22-9-4-5-14(12-22)18-21-20-17-6-2-3-10-23(17)18/h2-3,6-8,10-11,14H,4-5,9,12H2,1H3/t14-/m0/s1. The maximum atomic E-state index is 14.2. The Morgan fingerprint density at radius 1 is 1.19 bits per heavy atom. The van der Waals surface area contributed by atoms with Crippen molar-refractivity contribution in [3.8, 4) is 0 Å². The van der Waals surface area contributed by atoms with Gasteiger partial charge in [0.1, 0.15) is 16.5 Å². The van der Waals surface area contributed by atoms with E-state index in [1.54, 1.807) is 13.0 Å². The lowest BCUT2D eigenvalue weighted by Crippen LogP contribution is -2.39. The van der Waals surface area contributed by atoms with Crippen molar-refractivity contribution in [2.24, 2.45) is 0 Å². The third-order valence-corrected chi connectivity index (χ3v) is 6.67. The molecular formula is C18H19FN4O2S. The van der Waals surface area contributed by atoms with E-state index in [1.807, 2.05) is 28.8 Å². The van der Waals surface area contributed by atoms with Crippen molar-refractivity contribution in [3.05, 3.63) is 59.8 Å². The zero-order valence-corrected chi connectivity index (χ0v) is 15.2. The summed E-state index contributed by atoms with van der Waals surface area (Å²) in [6.45, 7) is 2.40. The number of nitrogens with zero attached hydrogens (tertiary/aromatic N) is 4. The predicted molar refractivity (Wildman–Crippen MR) is 94.9 cm³/mol. The summed E-state index contributed by atoms with van der Waals surface area (Å²) in [5, 5.41) is 8.41. The fourth-order valence-corrected chi connectivity index (χ4v) is 5.13. The number of pyridine rings is 1. The van der Waals surface area contributed by atoms with E-state index in [-0.39, 0.29) is 17.4 Å². The first kappa shape index (κ1) is 17.1. The van der Waals surface area contributed by atoms with Crippen molar-refractivity contribution in [3.63, 3.8) is 0 Å². The predicted octanol–water partition coefficient (Wildman–Crippen LogP) is 2.75. The van der Waals surface area contributed by atoms with E-state index in [4.69, 9.17) is 0 Å². The Morgan fingerprint density at radius 2 is 2.04 bits per heavy atom. The number of hydrogen-bond acceptors (Lipinski definition) is 4. The van der Waals surface area contributed by atoms with Crippen molar-refractivity contribution < 1.29 is 12.8 Å². The molecule has 0 N–H and O–H groups in total. The number of rotatable bonds is 3. The second kappa shape index (κ2) is 6.44. The number of aromatic nitrogens is 3. The van der Waals surface area contributed by atoms with Crippen LogP contribution in [0.25, 0.3) is 5.65 Å². The molecule has 0 unspecified atom stereocenters. The topological polar surface area (TPSA) is 67.6 Å². The molecule has 0 bridgehead atoms. The summed E-state index contributed by atoms with van der Waals surface area (Å²) < 4.78 is 43.4. The van der Waals surface area contributed by atoms with E-state index in [9.17, 15) is 12.8 Å². The summed E-state index contributed by atoms with van der Waals surface area (Å²) in [6, 6.07) is 9.79. The van der Waals surface area contributed by atoms with E-state index in [0.717, 1.165) is 17.9 Å². The molecular weight excluding hydrogens is 355 g/mol. The largest absolute Gasteiger partial charge is 0.286 e. The maximum Gasteiger partial charge on any atom is 0.246 e. The second-order valence-electron chi connectivity index (χ2n) is 6.62. The van der Waals surface area contributed by atoms with Crippen LogP contribution in [0.2, 0.25) is 0 Å². The van der Waals surface area contributed by atoms with E-state index in [2.05, 4.69) is 10.2 Å². The number of hydrogen-bond donors (Lipinski definition) is 0. The molecule has 0 radical (unpaired) electrons. The van der Waals surface area contributed by atoms with Crippen LogP contribution in [-0.2, 0) is 10.0 Å². The van der Waals surface area contributed by atoms with E-state index >= 15 is 0 Å². The first-order valence-electron chi connectivity index (χ1n) is 8.53. The van der Waals surface area contributed by atoms with Gasteiger partial charge in [0.2, 0.25) is 10.0 Å². The van der Waals surface area contributed by atoms with Crippen molar-refractivity contribution in [1.82, 2.24) is 18.9 Å². The van der Waals surface area contributed by atoms with Gasteiger partial charge < -0.3 is 0 Å². The number of halogens is 1. The molecule has 8 heteroatoms. The molecule has 3 heterocycles. The third kappa shape index (κ3) is 2.89. The lowest BCUT2D eigenvalue weighted by Gasteiger charge is -2.31. The molecule has 1 atom stereocenters. The van der Waals surface area contributed by atoms with Crippen LogP contribution in [0.15, 0.2) is 47.5 Å². The highest BCUT2D eigenvalue weighted by atomic mass is 32.2. The Hall–Kier alpha value is -2.32. The second-order valence-corrected chi connectivity index (χ2v) is 8.53. The van der Waals surface area contributed by atoms with Gasteiger partial charge in [-0.3, -0.25) is 4.40 Å². The molecule has 2 aromatic heterocycles. The lowest BCUT2D eigenvalue weighted by atomic mass is 9.99. The van der Waals surface area contributed by atoms with Crippen molar-refractivity contribution in [1.29, 1.82) is 0 Å². The maximum absolute atomic E-state index is 14.2. The van der Waals surface area contributed by atoms with Gasteiger partial charge in [-0.1, -0.05) is 12.1 Å². The van der Waals surface area contributed by atoms with Crippen LogP contribution >= 0.6 is 0 Å². The first-order valence-corrected chi connectivity index (χ1v) is 9.97. The third-order valence-electron chi connectivity index (χ3n) is 4.79. The van der Waals surface area contributed by atoms with Gasteiger partial charge in [0.05, 0.1) is 0 Å². The minimum absolute atomic E-state index is 0.0798. The van der Waals surface area contributed by atoms with Gasteiger partial charge in [0.25, 0.3) is 0 Å². The first-order chi connectivity index (χ1) is 12.5. The van der Waals surface area contributed by atoms with Gasteiger partial charge in [-0.15, -0.1) is 10.2 Å². The Labute approximate surface area is 151 Å². The van der Waals surface area contributed by atoms with Gasteiger partial charge in [0.15, 0.2) is 5.65 Å². The Balaban J connectivity index is 1.67. The molecule has 3 aromatic rings. The van der Waals surface area contributed by atoms with E-state index in [0.29, 0.717) is 18.5 Å². The number of fused-ring (bicyclic) bond motifs is 1. The van der Waals surface area contributed by atoms with Crippen LogP contribution in [-0.4, -0.2) is 40.4 Å². The van der Waals surface area contributed by atoms with Crippen LogP contribution in [0.5, 0.6) is 0 Å². The molecule has 1 saturated heterocycles. The fourth-order valence-electron chi connectivity index (χ4n) is 3.46. The number of sulfonamides is 1. The van der Waals surface area contributed by atoms with Gasteiger partial charge in [0, 0.05) is 25.2 Å². The summed E-state index contributed by atoms with van der Waals surface area (Å²) in [6.07, 6.45) is 3.38. The molecule has 136 valence electrons. The molecule has 0 spiro atoms. The average Bonchev–Trinajstić information content (AvgIpc) is 3.08. The number of piperidine rings is 1. The monoisotopic (exact) mass is 374 g/mol. The smallest absolute Gasteiger partial charge is 0.246 e. The number of benzene rings is 1. The highest BCUT2D eigenvalue weighted by molar-refractivity contribution is 7.89. The summed E-state index contributed by atoms with van der Waals surface area (Å²) in [5.74, 6) is -0.0559. The molecule has 1 aliphatic rings. The average molecular weight is 374 g/mol. The van der Waals surface area contributed by atoms with Gasteiger partial charge in [-0.2, -0.15) is 4.31 Å². The molecule has 4 rings (SSSR count). The summed E-state index contributed by atoms with van der Waals surface area (Å²) >= 11 is 0. The zero-order chi connectivity index (χ0) is 18.3. The van der Waals surface area contributed by atoms with Crippen LogP contribution < -0.4 is 0 Å². The lowest BCUT2D eigenvalue weighted by molar-refractivity contribution is 0.307. The van der Waals surface area contributed by atoms with E-state index in [1.165, 1.54) is 16.4 Å². The molecule has 26 heavy (non-hydrogen) atoms. The highest BCUT2D eigenvalue weighted by Gasteiger charge is 2.34. The molecule has 1 fully saturated rings. The van der Waals surface area contributed by atoms with Gasteiger partial charge in [-0.05, 0) is 49.6 Å². The van der Waals surface area contributed by atoms with Crippen molar-refractivity contribution in [2.75, 3.05) is 13.1 Å². The van der Waals surface area contributed by atoms with Crippen LogP contribution in [0.1, 0.15) is 30.1 Å². The summed E-state index contributed by atoms with van der Waals surface area (Å²) in [7, 11) is -3.89. The SMILES string of the molecule is Cc1ccc(F)c(S(=O)(=O)N2CCC[C@H](c3nnc4ccccn34)C2)c1. The highest BCUT2D eigenvalue weighted by Crippen LogP contribution is 2.30. The molecule has 1 aliphatic heterocycles. The molecule has 0 saturated carbocycles. The van der Waals surface area contributed by atoms with Gasteiger partial charge in [-0.25, -0.2) is 12.8 Å². The minimum atomic E-state index is -3.89. The van der Waals surface area contributed by atoms with Crippen molar-refractivity contribution in [2.45, 2.75) is 30.6 Å². The number of aryl methyl sites for hydroxylation is 1. The summed E-state index contributed by atoms with van der Waals surface area (Å²) in [5.41, 5.74) is 1.44. The fraction of sp³-hybridized carbons (Fsp3) is 0.333. The molecule has 6 nitrogen and oxygen atoms in total. The Kier molecular flexibility index (Phi) is 4.24. The van der Waals surface area contributed by atoms with E-state index < -0.39 is 15.8 Å². The van der Waals surface area contributed by atoms with Crippen LogP contribution in [0, 0.1) is 12.7 Å². The molecule has 0 amide bonds. The minimum Gasteiger partial charge on any atom is -0.286 e. The normalized spacial score (nSPS) is 19.1. The quantitative estimate of drug-likeness (QED) is 0.707. The van der Waals surface area contributed by atoms with Crippen LogP contribution in [0.3, 0.4) is 0 Å². The molecule has 1 aromatic carbocycles. The Morgan fingerprint density at radius 3 is 2.88 bits per heavy atom. The van der Waals surface area contributed by atoms with Gasteiger partial charge >= 0.3 is 0 Å². The van der Waals surface area contributed by atoms with Crippen LogP contribution in [0.4, 0.5) is 4.39 Å². The zero-order valence-electron chi connectivity index (χ0n) is 14.3.